The van der Waals surface area contributed by atoms with Crippen LogP contribution in [0.25, 0.3) is 0 Å². The maximum absolute atomic E-state index is 12.5. The fourth-order valence-electron chi connectivity index (χ4n) is 3.11. The van der Waals surface area contributed by atoms with Gasteiger partial charge < -0.3 is 9.94 Å². The SMILES string of the molecule is CCC/C(=N\OCC)C1=C(O)CC(CC(C)SCC)CC1=O.c1ccsc1. The monoisotopic (exact) mass is 411 g/mol. The molecule has 0 fully saturated rings. The Balaban J connectivity index is 0.000000625. The van der Waals surface area contributed by atoms with Crippen LogP contribution in [0.5, 0.6) is 0 Å². The molecule has 1 aliphatic rings. The lowest BCUT2D eigenvalue weighted by Gasteiger charge is -2.25. The van der Waals surface area contributed by atoms with E-state index in [4.69, 9.17) is 4.84 Å². The molecular formula is C21H33NO3S2. The van der Waals surface area contributed by atoms with Gasteiger partial charge in [0.1, 0.15) is 12.4 Å². The lowest BCUT2D eigenvalue weighted by Crippen LogP contribution is -2.26. The number of aliphatic hydroxyl groups excluding tert-OH is 1. The zero-order valence-corrected chi connectivity index (χ0v) is 18.6. The smallest absolute Gasteiger partial charge is 0.168 e. The number of thiophene rings is 1. The molecular weight excluding hydrogens is 378 g/mol. The first kappa shape index (κ1) is 23.8. The highest BCUT2D eigenvalue weighted by Crippen LogP contribution is 2.32. The Hall–Kier alpha value is -1.27. The lowest BCUT2D eigenvalue weighted by molar-refractivity contribution is -0.116. The van der Waals surface area contributed by atoms with Crippen molar-refractivity contribution in [3.63, 3.8) is 0 Å². The number of thioether (sulfide) groups is 1. The Labute approximate surface area is 172 Å². The van der Waals surface area contributed by atoms with Crippen LogP contribution in [0.1, 0.15) is 59.8 Å². The van der Waals surface area contributed by atoms with Gasteiger partial charge in [-0.3, -0.25) is 4.79 Å². The maximum atomic E-state index is 12.5. The van der Waals surface area contributed by atoms with Gasteiger partial charge in [0.25, 0.3) is 0 Å². The molecule has 1 aromatic rings. The van der Waals surface area contributed by atoms with E-state index in [1.807, 2.05) is 48.5 Å². The largest absolute Gasteiger partial charge is 0.511 e. The molecule has 2 atom stereocenters. The molecule has 2 rings (SSSR count). The number of aliphatic hydroxyl groups is 1. The van der Waals surface area contributed by atoms with Crippen LogP contribution in [-0.2, 0) is 9.63 Å². The van der Waals surface area contributed by atoms with E-state index >= 15 is 0 Å². The maximum Gasteiger partial charge on any atom is 0.168 e. The van der Waals surface area contributed by atoms with Gasteiger partial charge in [-0.25, -0.2) is 0 Å². The van der Waals surface area contributed by atoms with Crippen molar-refractivity contribution in [2.24, 2.45) is 11.1 Å². The van der Waals surface area contributed by atoms with Crippen molar-refractivity contribution in [1.82, 2.24) is 0 Å². The molecule has 1 N–H and O–H groups in total. The van der Waals surface area contributed by atoms with Crippen molar-refractivity contribution in [3.8, 4) is 0 Å². The number of carbonyl (C=O) groups is 1. The molecule has 152 valence electrons. The summed E-state index contributed by atoms with van der Waals surface area (Å²) in [5.41, 5.74) is 1.00. The molecule has 2 unspecified atom stereocenters. The number of carbonyl (C=O) groups excluding carboxylic acids is 1. The van der Waals surface area contributed by atoms with E-state index in [1.165, 1.54) is 0 Å². The number of oxime groups is 1. The number of hydrogen-bond acceptors (Lipinski definition) is 6. The van der Waals surface area contributed by atoms with Crippen molar-refractivity contribution in [2.45, 2.75) is 65.0 Å². The van der Waals surface area contributed by atoms with Gasteiger partial charge in [-0.1, -0.05) is 44.5 Å². The Morgan fingerprint density at radius 3 is 2.52 bits per heavy atom. The minimum absolute atomic E-state index is 0.00866. The summed E-state index contributed by atoms with van der Waals surface area (Å²) in [6.07, 6.45) is 3.56. The first-order chi connectivity index (χ1) is 13.0. The molecule has 0 saturated heterocycles. The van der Waals surface area contributed by atoms with Crippen LogP contribution in [0.3, 0.4) is 0 Å². The standard InChI is InChI=1S/C17H29NO3S.C4H4S/c1-5-8-14(18-21-6-2)17-15(19)10-13(11-16(17)20)9-12(4)22-7-3;1-2-4-5-3-1/h12-13,19H,5-11H2,1-4H3;1-4H/b18-14+;. The second-order valence-electron chi connectivity index (χ2n) is 6.52. The molecule has 1 aromatic heterocycles. The minimum atomic E-state index is 0.00866. The van der Waals surface area contributed by atoms with Gasteiger partial charge >= 0.3 is 0 Å². The van der Waals surface area contributed by atoms with Gasteiger partial charge in [0, 0.05) is 18.1 Å². The highest BCUT2D eigenvalue weighted by Gasteiger charge is 2.31. The quantitative estimate of drug-likeness (QED) is 0.385. The topological polar surface area (TPSA) is 58.9 Å². The molecule has 6 heteroatoms. The molecule has 0 spiro atoms. The van der Waals surface area contributed by atoms with Gasteiger partial charge in [0.05, 0.1) is 11.3 Å². The van der Waals surface area contributed by atoms with Crippen molar-refractivity contribution in [1.29, 1.82) is 0 Å². The first-order valence-corrected chi connectivity index (χ1v) is 11.8. The average molecular weight is 412 g/mol. The van der Waals surface area contributed by atoms with E-state index in [9.17, 15) is 9.90 Å². The number of Topliss-reactive ketones (excluding diaryl/α,β-unsaturated/α-hetero) is 1. The second-order valence-corrected chi connectivity index (χ2v) is 9.05. The van der Waals surface area contributed by atoms with Crippen LogP contribution in [0.2, 0.25) is 0 Å². The highest BCUT2D eigenvalue weighted by atomic mass is 32.2. The summed E-state index contributed by atoms with van der Waals surface area (Å²) in [6, 6.07) is 4.04. The lowest BCUT2D eigenvalue weighted by atomic mass is 9.82. The molecule has 0 aromatic carbocycles. The first-order valence-electron chi connectivity index (χ1n) is 9.76. The Morgan fingerprint density at radius 1 is 1.33 bits per heavy atom. The Kier molecular flexibility index (Phi) is 12.2. The zero-order chi connectivity index (χ0) is 20.1. The van der Waals surface area contributed by atoms with Crippen molar-refractivity contribution < 1.29 is 14.7 Å². The van der Waals surface area contributed by atoms with E-state index in [1.54, 1.807) is 11.3 Å². The molecule has 0 aliphatic heterocycles. The summed E-state index contributed by atoms with van der Waals surface area (Å²) >= 11 is 3.61. The molecule has 0 bridgehead atoms. The van der Waals surface area contributed by atoms with Gasteiger partial charge in [0.2, 0.25) is 0 Å². The second kappa shape index (κ2) is 13.8. The van der Waals surface area contributed by atoms with Crippen LogP contribution in [0.4, 0.5) is 0 Å². The normalized spacial score (nSPS) is 18.7. The van der Waals surface area contributed by atoms with Gasteiger partial charge in [0.15, 0.2) is 5.78 Å². The number of nitrogens with zero attached hydrogens (tertiary/aromatic N) is 1. The molecule has 4 nitrogen and oxygen atoms in total. The van der Waals surface area contributed by atoms with E-state index in [0.29, 0.717) is 42.4 Å². The molecule has 1 heterocycles. The van der Waals surface area contributed by atoms with Crippen LogP contribution < -0.4 is 0 Å². The van der Waals surface area contributed by atoms with Crippen LogP contribution in [-0.4, -0.2) is 34.2 Å². The fourth-order valence-corrected chi connectivity index (χ4v) is 4.54. The number of rotatable bonds is 9. The minimum Gasteiger partial charge on any atom is -0.511 e. The molecule has 0 radical (unpaired) electrons. The van der Waals surface area contributed by atoms with Crippen molar-refractivity contribution in [2.75, 3.05) is 12.4 Å². The third-order valence-corrected chi connectivity index (χ3v) is 5.87. The summed E-state index contributed by atoms with van der Waals surface area (Å²) in [6.45, 7) is 8.67. The van der Waals surface area contributed by atoms with Crippen LogP contribution in [0, 0.1) is 5.92 Å². The summed E-state index contributed by atoms with van der Waals surface area (Å²) in [4.78, 5) is 17.6. The van der Waals surface area contributed by atoms with Gasteiger partial charge in [-0.15, -0.1) is 0 Å². The number of ketones is 1. The predicted octanol–water partition coefficient (Wildman–Crippen LogP) is 6.25. The predicted molar refractivity (Wildman–Crippen MR) is 118 cm³/mol. The Morgan fingerprint density at radius 2 is 2.04 bits per heavy atom. The third kappa shape index (κ3) is 8.98. The number of allylic oxidation sites excluding steroid dienone is 2. The van der Waals surface area contributed by atoms with Crippen LogP contribution >= 0.6 is 23.1 Å². The van der Waals surface area contributed by atoms with E-state index in [-0.39, 0.29) is 17.5 Å². The summed E-state index contributed by atoms with van der Waals surface area (Å²) in [5, 5.41) is 19.0. The van der Waals surface area contributed by atoms with Crippen molar-refractivity contribution >= 4 is 34.6 Å². The van der Waals surface area contributed by atoms with Gasteiger partial charge in [-0.05, 0) is 42.2 Å². The summed E-state index contributed by atoms with van der Waals surface area (Å²) in [7, 11) is 0. The van der Waals surface area contributed by atoms with Crippen LogP contribution in [0.15, 0.2) is 39.4 Å². The van der Waals surface area contributed by atoms with E-state index < -0.39 is 0 Å². The third-order valence-electron chi connectivity index (χ3n) is 4.14. The fraction of sp³-hybridized carbons (Fsp3) is 0.619. The molecule has 27 heavy (non-hydrogen) atoms. The van der Waals surface area contributed by atoms with Crippen molar-refractivity contribution in [3.05, 3.63) is 34.2 Å². The zero-order valence-electron chi connectivity index (χ0n) is 16.9. The van der Waals surface area contributed by atoms with E-state index in [2.05, 4.69) is 19.0 Å². The molecule has 1 aliphatic carbocycles. The summed E-state index contributed by atoms with van der Waals surface area (Å²) < 4.78 is 0. The van der Waals surface area contributed by atoms with E-state index in [0.717, 1.165) is 18.6 Å². The molecule has 0 amide bonds. The Bertz CT molecular complexity index is 579. The van der Waals surface area contributed by atoms with Gasteiger partial charge in [-0.2, -0.15) is 23.1 Å². The highest BCUT2D eigenvalue weighted by molar-refractivity contribution is 7.99. The average Bonchev–Trinajstić information content (AvgIpc) is 3.19. The number of hydrogen-bond donors (Lipinski definition) is 1. The summed E-state index contributed by atoms with van der Waals surface area (Å²) in [5.74, 6) is 1.52. The molecule has 0 saturated carbocycles.